The average Bonchev–Trinajstić information content (AvgIpc) is 1.64. The third-order valence-corrected chi connectivity index (χ3v) is 0.728. The summed E-state index contributed by atoms with van der Waals surface area (Å²) in [5.74, 6) is -1.23. The fourth-order valence-corrected chi connectivity index (χ4v) is 0.412. The van der Waals surface area contributed by atoms with E-state index in [0.29, 0.717) is 0 Å². The van der Waals surface area contributed by atoms with E-state index >= 15 is 0 Å². The predicted molar refractivity (Wildman–Crippen MR) is 25.2 cm³/mol. The molecule has 0 atom stereocenters. The fraction of sp³-hybridized carbons (Fsp3) is 0. The van der Waals surface area contributed by atoms with E-state index in [9.17, 15) is 8.78 Å². The van der Waals surface area contributed by atoms with Crippen molar-refractivity contribution >= 4 is 0 Å². The van der Waals surface area contributed by atoms with Crippen LogP contribution >= 0.6 is 0 Å². The van der Waals surface area contributed by atoms with Gasteiger partial charge in [-0.05, 0) is 0 Å². The second-order valence-corrected chi connectivity index (χ2v) is 1.35. The summed E-state index contributed by atoms with van der Waals surface area (Å²) in [6.07, 6.45) is 0. The van der Waals surface area contributed by atoms with E-state index in [1.807, 2.05) is 0 Å². The molecule has 1 aromatic carbocycles. The van der Waals surface area contributed by atoms with E-state index < -0.39 is 11.6 Å². The first-order chi connectivity index (χ1) is 3.79. The molecule has 0 bridgehead atoms. The quantitative estimate of drug-likeness (QED) is 0.641. The van der Waals surface area contributed by atoms with Crippen molar-refractivity contribution in [1.82, 2.24) is 0 Å². The Labute approximate surface area is 65.2 Å². The predicted octanol–water partition coefficient (Wildman–Crippen LogP) is 1.76. The van der Waals surface area contributed by atoms with Gasteiger partial charge in [0.15, 0.2) is 0 Å². The second-order valence-electron chi connectivity index (χ2n) is 1.35. The molecule has 0 saturated carbocycles. The third kappa shape index (κ3) is 2.68. The van der Waals surface area contributed by atoms with Crippen LogP contribution < -0.4 is 0 Å². The van der Waals surface area contributed by atoms with Gasteiger partial charge in [0, 0.05) is 31.7 Å². The molecule has 9 heavy (non-hydrogen) atoms. The average molecular weight is 305 g/mol. The minimum Gasteiger partial charge on any atom is -0.236 e. The number of hydrogen-bond donors (Lipinski definition) is 0. The maximum atomic E-state index is 11.9. The van der Waals surface area contributed by atoms with E-state index in [2.05, 4.69) is 6.07 Å². The van der Waals surface area contributed by atoms with Crippen LogP contribution in [-0.4, -0.2) is 0 Å². The van der Waals surface area contributed by atoms with Gasteiger partial charge >= 0.3 is 0 Å². The fourth-order valence-electron chi connectivity index (χ4n) is 0.412. The van der Waals surface area contributed by atoms with Crippen LogP contribution in [0.5, 0.6) is 0 Å². The van der Waals surface area contributed by atoms with Crippen molar-refractivity contribution in [2.24, 2.45) is 0 Å². The molecule has 0 fully saturated rings. The SMILES string of the molecule is Fc1[c-]ccc(F)c1.[Ir]. The van der Waals surface area contributed by atoms with Gasteiger partial charge in [-0.1, -0.05) is 0 Å². The number of benzene rings is 1. The maximum absolute atomic E-state index is 11.9. The molecule has 0 aliphatic carbocycles. The zero-order valence-electron chi connectivity index (χ0n) is 4.32. The van der Waals surface area contributed by atoms with Crippen LogP contribution in [0.4, 0.5) is 8.78 Å². The van der Waals surface area contributed by atoms with Gasteiger partial charge in [-0.2, -0.15) is 6.07 Å². The van der Waals surface area contributed by atoms with Crippen LogP contribution in [0.15, 0.2) is 18.2 Å². The van der Waals surface area contributed by atoms with Gasteiger partial charge in [0.25, 0.3) is 0 Å². The van der Waals surface area contributed by atoms with Gasteiger partial charge in [0.05, 0.1) is 0 Å². The van der Waals surface area contributed by atoms with Crippen LogP contribution in [-0.2, 0) is 20.1 Å². The Morgan fingerprint density at radius 3 is 2.33 bits per heavy atom. The van der Waals surface area contributed by atoms with Crippen LogP contribution in [0.1, 0.15) is 0 Å². The summed E-state index contributed by atoms with van der Waals surface area (Å²) < 4.78 is 23.8. The topological polar surface area (TPSA) is 0 Å². The molecular weight excluding hydrogens is 302 g/mol. The van der Waals surface area contributed by atoms with Crippen molar-refractivity contribution in [3.05, 3.63) is 35.9 Å². The molecule has 1 aromatic rings. The van der Waals surface area contributed by atoms with Gasteiger partial charge in [0.2, 0.25) is 0 Å². The number of halogens is 2. The van der Waals surface area contributed by atoms with Gasteiger partial charge in [-0.15, -0.1) is 18.2 Å². The Kier molecular flexibility index (Phi) is 3.59. The first kappa shape index (κ1) is 8.73. The van der Waals surface area contributed by atoms with Crippen molar-refractivity contribution in [1.29, 1.82) is 0 Å². The van der Waals surface area contributed by atoms with E-state index in [4.69, 9.17) is 0 Å². The number of hydrogen-bond acceptors (Lipinski definition) is 0. The minimum atomic E-state index is -0.662. The summed E-state index contributed by atoms with van der Waals surface area (Å²) in [5.41, 5.74) is 0. The van der Waals surface area contributed by atoms with E-state index in [1.54, 1.807) is 0 Å². The molecule has 3 heteroatoms. The zero-order valence-corrected chi connectivity index (χ0v) is 6.72. The van der Waals surface area contributed by atoms with Crippen LogP contribution in [0.25, 0.3) is 0 Å². The van der Waals surface area contributed by atoms with Crippen molar-refractivity contribution in [3.8, 4) is 0 Å². The Balaban J connectivity index is 0.000000640. The number of rotatable bonds is 0. The van der Waals surface area contributed by atoms with E-state index in [-0.39, 0.29) is 20.1 Å². The molecule has 51 valence electrons. The molecule has 1 rings (SSSR count). The van der Waals surface area contributed by atoms with Crippen LogP contribution in [0.2, 0.25) is 0 Å². The normalized spacial score (nSPS) is 8.22. The van der Waals surface area contributed by atoms with E-state index in [0.717, 1.165) is 12.1 Å². The summed E-state index contributed by atoms with van der Waals surface area (Å²) in [6.45, 7) is 0. The zero-order chi connectivity index (χ0) is 5.98. The molecule has 0 heterocycles. The first-order valence-electron chi connectivity index (χ1n) is 2.12. The maximum Gasteiger partial charge on any atom is 0.0178 e. The van der Waals surface area contributed by atoms with Crippen molar-refractivity contribution in [2.75, 3.05) is 0 Å². The third-order valence-electron chi connectivity index (χ3n) is 0.728. The molecule has 1 radical (unpaired) electrons. The van der Waals surface area contributed by atoms with E-state index in [1.165, 1.54) is 6.07 Å². The molecule has 0 aliphatic rings. The molecular formula is C6H3F2Ir-. The Morgan fingerprint density at radius 1 is 1.33 bits per heavy atom. The minimum absolute atomic E-state index is 0. The summed E-state index contributed by atoms with van der Waals surface area (Å²) in [4.78, 5) is 0. The van der Waals surface area contributed by atoms with Crippen LogP contribution in [0.3, 0.4) is 0 Å². The van der Waals surface area contributed by atoms with Gasteiger partial charge in [0.1, 0.15) is 0 Å². The van der Waals surface area contributed by atoms with Gasteiger partial charge in [-0.3, -0.25) is 0 Å². The molecule has 0 unspecified atom stereocenters. The summed E-state index contributed by atoms with van der Waals surface area (Å²) >= 11 is 0. The standard InChI is InChI=1S/C6H3F2.Ir/c7-5-2-1-3-6(8)4-5;/h1-2,4H;/q-1;. The first-order valence-corrected chi connectivity index (χ1v) is 2.12. The van der Waals surface area contributed by atoms with Crippen LogP contribution in [0, 0.1) is 17.7 Å². The van der Waals surface area contributed by atoms with Gasteiger partial charge < -0.3 is 0 Å². The molecule has 0 aromatic heterocycles. The smallest absolute Gasteiger partial charge is 0.0178 e. The van der Waals surface area contributed by atoms with Gasteiger partial charge in [-0.25, -0.2) is 8.78 Å². The Morgan fingerprint density at radius 2 is 2.00 bits per heavy atom. The summed E-state index contributed by atoms with van der Waals surface area (Å²) in [5, 5.41) is 0. The van der Waals surface area contributed by atoms with Crippen molar-refractivity contribution in [3.63, 3.8) is 0 Å². The molecule has 0 saturated heterocycles. The molecule has 0 amide bonds. The Bertz CT molecular complexity index is 171. The molecule has 0 spiro atoms. The molecule has 0 N–H and O–H groups in total. The largest absolute Gasteiger partial charge is 0.236 e. The van der Waals surface area contributed by atoms with Crippen molar-refractivity contribution in [2.45, 2.75) is 0 Å². The molecule has 0 nitrogen and oxygen atoms in total. The monoisotopic (exact) mass is 306 g/mol. The Hall–Kier alpha value is -0.271. The second kappa shape index (κ2) is 3.70. The summed E-state index contributed by atoms with van der Waals surface area (Å²) in [7, 11) is 0. The van der Waals surface area contributed by atoms with Crippen molar-refractivity contribution < 1.29 is 28.9 Å². The molecule has 0 aliphatic heterocycles. The summed E-state index contributed by atoms with van der Waals surface area (Å²) in [6, 6.07) is 5.28.